The Balaban J connectivity index is 1.50. The SMILES string of the molecule is COc1ccc(NC(=O)CSc2nnc(NC3CC3)s2)cc1OC. The fourth-order valence-corrected chi connectivity index (χ4v) is 3.60. The summed E-state index contributed by atoms with van der Waals surface area (Å²) in [6.07, 6.45) is 2.38. The number of hydrogen-bond acceptors (Lipinski definition) is 8. The van der Waals surface area contributed by atoms with E-state index in [9.17, 15) is 4.79 Å². The Bertz CT molecular complexity index is 718. The van der Waals surface area contributed by atoms with Gasteiger partial charge in [-0.1, -0.05) is 23.1 Å². The Kier molecular flexibility index (Phi) is 5.41. The second-order valence-electron chi connectivity index (χ2n) is 5.20. The van der Waals surface area contributed by atoms with Gasteiger partial charge in [-0.15, -0.1) is 10.2 Å². The van der Waals surface area contributed by atoms with E-state index in [0.29, 0.717) is 23.2 Å². The number of hydrogen-bond donors (Lipinski definition) is 2. The van der Waals surface area contributed by atoms with Gasteiger partial charge in [0.15, 0.2) is 15.8 Å². The maximum absolute atomic E-state index is 12.1. The molecule has 1 aromatic heterocycles. The molecule has 1 amide bonds. The number of benzene rings is 1. The molecule has 3 rings (SSSR count). The van der Waals surface area contributed by atoms with E-state index < -0.39 is 0 Å². The van der Waals surface area contributed by atoms with Crippen molar-refractivity contribution in [3.05, 3.63) is 18.2 Å². The number of thioether (sulfide) groups is 1. The average molecular weight is 366 g/mol. The van der Waals surface area contributed by atoms with Crippen LogP contribution >= 0.6 is 23.1 Å². The van der Waals surface area contributed by atoms with Gasteiger partial charge in [-0.2, -0.15) is 0 Å². The minimum absolute atomic E-state index is 0.112. The van der Waals surface area contributed by atoms with Crippen molar-refractivity contribution in [3.63, 3.8) is 0 Å². The van der Waals surface area contributed by atoms with Crippen molar-refractivity contribution in [2.75, 3.05) is 30.6 Å². The molecule has 1 saturated carbocycles. The number of rotatable bonds is 8. The number of ether oxygens (including phenoxy) is 2. The molecule has 7 nitrogen and oxygen atoms in total. The summed E-state index contributed by atoms with van der Waals surface area (Å²) in [6, 6.07) is 5.79. The number of methoxy groups -OCH3 is 2. The maximum atomic E-state index is 12.1. The molecule has 1 aliphatic carbocycles. The van der Waals surface area contributed by atoms with E-state index in [4.69, 9.17) is 9.47 Å². The summed E-state index contributed by atoms with van der Waals surface area (Å²) in [7, 11) is 3.13. The fraction of sp³-hybridized carbons (Fsp3) is 0.400. The molecule has 1 fully saturated rings. The molecule has 1 aromatic carbocycles. The monoisotopic (exact) mass is 366 g/mol. The van der Waals surface area contributed by atoms with Gasteiger partial charge in [0.1, 0.15) is 0 Å². The van der Waals surface area contributed by atoms with Crippen molar-refractivity contribution in [3.8, 4) is 11.5 Å². The van der Waals surface area contributed by atoms with Gasteiger partial charge < -0.3 is 20.1 Å². The molecule has 1 aliphatic rings. The van der Waals surface area contributed by atoms with Gasteiger partial charge in [-0.25, -0.2) is 0 Å². The molecule has 0 atom stereocenters. The highest BCUT2D eigenvalue weighted by Crippen LogP contribution is 2.31. The number of nitrogens with one attached hydrogen (secondary N) is 2. The summed E-state index contributed by atoms with van der Waals surface area (Å²) >= 11 is 2.84. The van der Waals surface area contributed by atoms with Gasteiger partial charge in [0, 0.05) is 17.8 Å². The highest BCUT2D eigenvalue weighted by Gasteiger charge is 2.22. The van der Waals surface area contributed by atoms with Crippen LogP contribution in [0.1, 0.15) is 12.8 Å². The van der Waals surface area contributed by atoms with E-state index in [-0.39, 0.29) is 11.7 Å². The normalized spacial score (nSPS) is 13.4. The first-order valence-corrected chi connectivity index (χ1v) is 9.23. The van der Waals surface area contributed by atoms with E-state index in [2.05, 4.69) is 20.8 Å². The molecule has 0 spiro atoms. The van der Waals surface area contributed by atoms with Gasteiger partial charge in [0.05, 0.1) is 20.0 Å². The third kappa shape index (κ3) is 4.51. The number of anilines is 2. The first-order valence-electron chi connectivity index (χ1n) is 7.42. The van der Waals surface area contributed by atoms with E-state index in [1.165, 1.54) is 35.9 Å². The van der Waals surface area contributed by atoms with Crippen molar-refractivity contribution < 1.29 is 14.3 Å². The van der Waals surface area contributed by atoms with E-state index in [0.717, 1.165) is 9.47 Å². The first kappa shape index (κ1) is 16.8. The molecule has 0 radical (unpaired) electrons. The Morgan fingerprint density at radius 1 is 1.29 bits per heavy atom. The van der Waals surface area contributed by atoms with Crippen molar-refractivity contribution in [2.45, 2.75) is 23.2 Å². The number of carbonyl (C=O) groups is 1. The maximum Gasteiger partial charge on any atom is 0.234 e. The van der Waals surface area contributed by atoms with Crippen molar-refractivity contribution in [1.29, 1.82) is 0 Å². The summed E-state index contributed by atoms with van der Waals surface area (Å²) in [5, 5.41) is 15.1. The van der Waals surface area contributed by atoms with Crippen LogP contribution in [-0.2, 0) is 4.79 Å². The van der Waals surface area contributed by atoms with Crippen LogP contribution in [0, 0.1) is 0 Å². The molecule has 0 aliphatic heterocycles. The second kappa shape index (κ2) is 7.71. The van der Waals surface area contributed by atoms with Crippen LogP contribution in [-0.4, -0.2) is 42.1 Å². The minimum atomic E-state index is -0.112. The van der Waals surface area contributed by atoms with Gasteiger partial charge >= 0.3 is 0 Å². The van der Waals surface area contributed by atoms with E-state index in [1.807, 2.05) is 0 Å². The third-order valence-corrected chi connectivity index (χ3v) is 5.29. The Labute approximate surface area is 148 Å². The summed E-state index contributed by atoms with van der Waals surface area (Å²) < 4.78 is 11.2. The molecule has 2 N–H and O–H groups in total. The second-order valence-corrected chi connectivity index (χ2v) is 7.40. The van der Waals surface area contributed by atoms with E-state index >= 15 is 0 Å². The molecule has 128 valence electrons. The quantitative estimate of drug-likeness (QED) is 0.695. The fourth-order valence-electron chi connectivity index (χ4n) is 1.97. The number of aromatic nitrogens is 2. The molecule has 9 heteroatoms. The molecule has 2 aromatic rings. The van der Waals surface area contributed by atoms with Crippen molar-refractivity contribution in [1.82, 2.24) is 10.2 Å². The predicted molar refractivity (Wildman–Crippen MR) is 95.5 cm³/mol. The van der Waals surface area contributed by atoms with Crippen molar-refractivity contribution in [2.24, 2.45) is 0 Å². The third-order valence-electron chi connectivity index (χ3n) is 3.31. The minimum Gasteiger partial charge on any atom is -0.493 e. The Morgan fingerprint density at radius 3 is 2.79 bits per heavy atom. The Hall–Kier alpha value is -2.00. The van der Waals surface area contributed by atoms with Crippen LogP contribution < -0.4 is 20.1 Å². The standard InChI is InChI=1S/C15H18N4O3S2/c1-21-11-6-5-10(7-12(11)22-2)16-13(20)8-23-15-19-18-14(24-15)17-9-3-4-9/h5-7,9H,3-4,8H2,1-2H3,(H,16,20)(H,17,18). The summed E-state index contributed by atoms with van der Waals surface area (Å²) in [4.78, 5) is 12.1. The lowest BCUT2D eigenvalue weighted by Gasteiger charge is -2.10. The number of nitrogens with zero attached hydrogens (tertiary/aromatic N) is 2. The predicted octanol–water partition coefficient (Wildman–Crippen LogP) is 2.86. The number of carbonyl (C=O) groups excluding carboxylic acids is 1. The largest absolute Gasteiger partial charge is 0.493 e. The zero-order chi connectivity index (χ0) is 16.9. The topological polar surface area (TPSA) is 85.4 Å². The highest BCUT2D eigenvalue weighted by molar-refractivity contribution is 8.01. The lowest BCUT2D eigenvalue weighted by Crippen LogP contribution is -2.14. The van der Waals surface area contributed by atoms with Crippen LogP contribution in [0.5, 0.6) is 11.5 Å². The van der Waals surface area contributed by atoms with E-state index in [1.54, 1.807) is 32.4 Å². The molecular formula is C15H18N4O3S2. The average Bonchev–Trinajstić information content (AvgIpc) is 3.29. The zero-order valence-corrected chi connectivity index (χ0v) is 15.0. The molecule has 0 unspecified atom stereocenters. The molecule has 0 bridgehead atoms. The molecule has 1 heterocycles. The van der Waals surface area contributed by atoms with Gasteiger partial charge in [-0.05, 0) is 25.0 Å². The summed E-state index contributed by atoms with van der Waals surface area (Å²) in [6.45, 7) is 0. The van der Waals surface area contributed by atoms with Gasteiger partial charge in [-0.3, -0.25) is 4.79 Å². The smallest absolute Gasteiger partial charge is 0.234 e. The lowest BCUT2D eigenvalue weighted by atomic mass is 10.2. The zero-order valence-electron chi connectivity index (χ0n) is 13.4. The van der Waals surface area contributed by atoms with Crippen LogP contribution in [0.3, 0.4) is 0 Å². The van der Waals surface area contributed by atoms with Crippen LogP contribution in [0.2, 0.25) is 0 Å². The molecule has 24 heavy (non-hydrogen) atoms. The summed E-state index contributed by atoms with van der Waals surface area (Å²) in [5.74, 6) is 1.35. The van der Waals surface area contributed by atoms with Gasteiger partial charge in [0.25, 0.3) is 0 Å². The van der Waals surface area contributed by atoms with Crippen LogP contribution in [0.15, 0.2) is 22.5 Å². The van der Waals surface area contributed by atoms with Crippen LogP contribution in [0.25, 0.3) is 0 Å². The van der Waals surface area contributed by atoms with Crippen LogP contribution in [0.4, 0.5) is 10.8 Å². The lowest BCUT2D eigenvalue weighted by molar-refractivity contribution is -0.113. The first-order chi connectivity index (χ1) is 11.7. The van der Waals surface area contributed by atoms with Gasteiger partial charge in [0.2, 0.25) is 11.0 Å². The highest BCUT2D eigenvalue weighted by atomic mass is 32.2. The molecule has 0 saturated heterocycles. The Morgan fingerprint density at radius 2 is 2.08 bits per heavy atom. The summed E-state index contributed by atoms with van der Waals surface area (Å²) in [5.41, 5.74) is 0.659. The molecular weight excluding hydrogens is 348 g/mol. The van der Waals surface area contributed by atoms with Crippen molar-refractivity contribution >= 4 is 39.8 Å². The number of amides is 1.